The van der Waals surface area contributed by atoms with Crippen LogP contribution in [0, 0.1) is 11.3 Å². The molecule has 4 rings (SSSR count). The maximum Gasteiger partial charge on any atom is 0.164 e. The third-order valence-electron chi connectivity index (χ3n) is 4.45. The first-order valence-electron chi connectivity index (χ1n) is 9.61. The van der Waals surface area contributed by atoms with E-state index in [0.29, 0.717) is 35.7 Å². The molecule has 0 spiro atoms. The predicted molar refractivity (Wildman–Crippen MR) is 111 cm³/mol. The summed E-state index contributed by atoms with van der Waals surface area (Å²) in [4.78, 5) is 8.93. The molecule has 30 heavy (non-hydrogen) atoms. The van der Waals surface area contributed by atoms with Crippen LogP contribution in [0.1, 0.15) is 25.8 Å². The van der Waals surface area contributed by atoms with Gasteiger partial charge in [-0.05, 0) is 26.3 Å². The lowest BCUT2D eigenvalue weighted by Gasteiger charge is -2.14. The van der Waals surface area contributed by atoms with Gasteiger partial charge in [0.2, 0.25) is 0 Å². The van der Waals surface area contributed by atoms with Crippen molar-refractivity contribution in [2.45, 2.75) is 32.9 Å². The molecule has 0 amide bonds. The smallest absolute Gasteiger partial charge is 0.164 e. The number of hydrogen-bond donors (Lipinski definition) is 2. The Balaban J connectivity index is 1.75. The summed E-state index contributed by atoms with van der Waals surface area (Å²) in [5.41, 5.74) is 3.47. The lowest BCUT2D eigenvalue weighted by atomic mass is 10.1. The molecule has 0 aromatic carbocycles. The second-order valence-corrected chi connectivity index (χ2v) is 7.14. The summed E-state index contributed by atoms with van der Waals surface area (Å²) < 4.78 is 3.35. The maximum atomic E-state index is 9.07. The summed E-state index contributed by atoms with van der Waals surface area (Å²) in [7, 11) is 0. The summed E-state index contributed by atoms with van der Waals surface area (Å²) in [6.45, 7) is 4.80. The molecule has 4 heterocycles. The van der Waals surface area contributed by atoms with Gasteiger partial charge in [-0.25, -0.2) is 9.97 Å². The number of aliphatic hydroxyl groups excluding tert-OH is 1. The van der Waals surface area contributed by atoms with Crippen molar-refractivity contribution >= 4 is 16.7 Å². The zero-order valence-corrected chi connectivity index (χ0v) is 16.7. The average Bonchev–Trinajstić information content (AvgIpc) is 3.38. The van der Waals surface area contributed by atoms with Gasteiger partial charge in [-0.2, -0.15) is 15.0 Å². The van der Waals surface area contributed by atoms with Crippen molar-refractivity contribution in [2.24, 2.45) is 0 Å². The Labute approximate surface area is 172 Å². The van der Waals surface area contributed by atoms with Crippen LogP contribution in [0.3, 0.4) is 0 Å². The first-order chi connectivity index (χ1) is 14.6. The fraction of sp³-hybridized carbons (Fsp3) is 0.300. The number of nitriles is 1. The van der Waals surface area contributed by atoms with E-state index in [2.05, 4.69) is 50.6 Å². The molecule has 0 aliphatic carbocycles. The van der Waals surface area contributed by atoms with Gasteiger partial charge in [-0.3, -0.25) is 4.68 Å². The fourth-order valence-electron chi connectivity index (χ4n) is 3.11. The van der Waals surface area contributed by atoms with E-state index >= 15 is 0 Å². The number of fused-ring (bicyclic) bond motifs is 1. The van der Waals surface area contributed by atoms with E-state index in [9.17, 15) is 0 Å². The van der Waals surface area contributed by atoms with Gasteiger partial charge >= 0.3 is 0 Å². The van der Waals surface area contributed by atoms with E-state index < -0.39 is 0 Å². The molecule has 0 aliphatic rings. The molecule has 0 saturated carbocycles. The van der Waals surface area contributed by atoms with Crippen molar-refractivity contribution in [2.75, 3.05) is 11.9 Å². The number of hydrogen-bond acceptors (Lipinski definition) is 8. The van der Waals surface area contributed by atoms with Crippen molar-refractivity contribution in [1.82, 2.24) is 34.7 Å². The quantitative estimate of drug-likeness (QED) is 0.480. The van der Waals surface area contributed by atoms with Crippen molar-refractivity contribution in [3.05, 3.63) is 42.5 Å². The topological polar surface area (TPSA) is 130 Å². The Morgan fingerprint density at radius 3 is 2.83 bits per heavy atom. The minimum Gasteiger partial charge on any atom is -0.396 e. The molecule has 152 valence electrons. The van der Waals surface area contributed by atoms with Crippen LogP contribution in [0.4, 0.5) is 5.69 Å². The summed E-state index contributed by atoms with van der Waals surface area (Å²) >= 11 is 0. The second kappa shape index (κ2) is 8.26. The highest BCUT2D eigenvalue weighted by molar-refractivity contribution is 5.79. The highest BCUT2D eigenvalue weighted by Crippen LogP contribution is 2.28. The Morgan fingerprint density at radius 1 is 1.20 bits per heavy atom. The largest absolute Gasteiger partial charge is 0.396 e. The summed E-state index contributed by atoms with van der Waals surface area (Å²) in [5, 5.41) is 35.1. The van der Waals surface area contributed by atoms with Gasteiger partial charge in [0.15, 0.2) is 11.5 Å². The highest BCUT2D eigenvalue weighted by atomic mass is 16.3. The SMILES string of the molecule is CC(C)Nc1cc(-n2ncc3cc(C#N)cnc32)ncc1-c1cn(CCCO)nn1. The van der Waals surface area contributed by atoms with E-state index in [0.717, 1.165) is 16.6 Å². The number of nitrogens with one attached hydrogen (secondary N) is 1. The van der Waals surface area contributed by atoms with Gasteiger partial charge in [-0.1, -0.05) is 5.21 Å². The molecule has 0 aliphatic heterocycles. The van der Waals surface area contributed by atoms with Crippen molar-refractivity contribution in [1.29, 1.82) is 5.26 Å². The predicted octanol–water partition coefficient (Wildman–Crippen LogP) is 2.15. The molecule has 0 unspecified atom stereocenters. The zero-order chi connectivity index (χ0) is 21.1. The van der Waals surface area contributed by atoms with E-state index in [4.69, 9.17) is 10.4 Å². The summed E-state index contributed by atoms with van der Waals surface area (Å²) in [6, 6.07) is 5.92. The van der Waals surface area contributed by atoms with Crippen LogP contribution in [-0.4, -0.2) is 52.5 Å². The molecule has 2 N–H and O–H groups in total. The Kier molecular flexibility index (Phi) is 5.36. The lowest BCUT2D eigenvalue weighted by Crippen LogP contribution is -2.12. The monoisotopic (exact) mass is 403 g/mol. The molecule has 10 heteroatoms. The molecule has 0 atom stereocenters. The normalized spacial score (nSPS) is 11.2. The molecular weight excluding hydrogens is 382 g/mol. The number of aromatic nitrogens is 7. The number of nitrogens with zero attached hydrogens (tertiary/aromatic N) is 8. The van der Waals surface area contributed by atoms with E-state index in [1.54, 1.807) is 27.8 Å². The lowest BCUT2D eigenvalue weighted by molar-refractivity contribution is 0.276. The van der Waals surface area contributed by atoms with Crippen LogP contribution >= 0.6 is 0 Å². The van der Waals surface area contributed by atoms with E-state index in [-0.39, 0.29) is 12.6 Å². The summed E-state index contributed by atoms with van der Waals surface area (Å²) in [5.74, 6) is 0.599. The zero-order valence-electron chi connectivity index (χ0n) is 16.7. The maximum absolute atomic E-state index is 9.07. The van der Waals surface area contributed by atoms with Crippen LogP contribution in [-0.2, 0) is 6.54 Å². The number of rotatable bonds is 7. The molecule has 10 nitrogen and oxygen atoms in total. The van der Waals surface area contributed by atoms with Crippen LogP contribution < -0.4 is 5.32 Å². The number of anilines is 1. The minimum absolute atomic E-state index is 0.104. The molecule has 0 bridgehead atoms. The van der Waals surface area contributed by atoms with Crippen molar-refractivity contribution in [3.8, 4) is 23.1 Å². The molecule has 0 radical (unpaired) electrons. The van der Waals surface area contributed by atoms with Crippen LogP contribution in [0.5, 0.6) is 0 Å². The third-order valence-corrected chi connectivity index (χ3v) is 4.45. The van der Waals surface area contributed by atoms with Crippen molar-refractivity contribution in [3.63, 3.8) is 0 Å². The number of aryl methyl sites for hydroxylation is 1. The van der Waals surface area contributed by atoms with Gasteiger partial charge in [0.1, 0.15) is 11.8 Å². The standard InChI is InChI=1S/C20H21N9O/c1-13(2)25-17-7-19(29-20-15(10-24-29)6-14(8-21)9-23-20)22-11-16(17)18-12-28(27-26-18)4-3-5-30/h6-7,9-13,30H,3-5H2,1-2H3,(H,22,25). The number of aliphatic hydroxyl groups is 1. The van der Waals surface area contributed by atoms with Crippen molar-refractivity contribution < 1.29 is 5.11 Å². The fourth-order valence-corrected chi connectivity index (χ4v) is 3.11. The molecular formula is C20H21N9O. The second-order valence-electron chi connectivity index (χ2n) is 7.14. The average molecular weight is 403 g/mol. The molecule has 0 saturated heterocycles. The third kappa shape index (κ3) is 3.83. The summed E-state index contributed by atoms with van der Waals surface area (Å²) in [6.07, 6.45) is 7.38. The van der Waals surface area contributed by atoms with E-state index in [1.165, 1.54) is 6.20 Å². The van der Waals surface area contributed by atoms with Crippen LogP contribution in [0.2, 0.25) is 0 Å². The molecule has 4 aromatic heterocycles. The van der Waals surface area contributed by atoms with Gasteiger partial charge in [0, 0.05) is 54.3 Å². The van der Waals surface area contributed by atoms with E-state index in [1.807, 2.05) is 12.3 Å². The van der Waals surface area contributed by atoms with Gasteiger partial charge in [0.25, 0.3) is 0 Å². The minimum atomic E-state index is 0.104. The number of pyridine rings is 2. The highest BCUT2D eigenvalue weighted by Gasteiger charge is 2.15. The van der Waals surface area contributed by atoms with Gasteiger partial charge in [-0.15, -0.1) is 5.10 Å². The molecule has 0 fully saturated rings. The Morgan fingerprint density at radius 2 is 2.07 bits per heavy atom. The van der Waals surface area contributed by atoms with Gasteiger partial charge in [0.05, 0.1) is 18.0 Å². The first kappa shape index (κ1) is 19.5. The Bertz CT molecular complexity index is 1220. The Hall–Kier alpha value is -3.84. The molecule has 4 aromatic rings. The van der Waals surface area contributed by atoms with Crippen LogP contribution in [0.15, 0.2) is 36.9 Å². The van der Waals surface area contributed by atoms with Crippen LogP contribution in [0.25, 0.3) is 28.1 Å². The first-order valence-corrected chi connectivity index (χ1v) is 9.61. The van der Waals surface area contributed by atoms with Gasteiger partial charge < -0.3 is 10.4 Å².